The first kappa shape index (κ1) is 27.7. The minimum Gasteiger partial charge on any atom is -0.455 e. The Bertz CT molecular complexity index is 2740. The number of fused-ring (bicyclic) bond motifs is 8. The molecule has 0 aliphatic carbocycles. The van der Waals surface area contributed by atoms with Gasteiger partial charge in [0.1, 0.15) is 17.0 Å². The summed E-state index contributed by atoms with van der Waals surface area (Å²) in [6.45, 7) is 4.48. The maximum Gasteiger partial charge on any atom is 0.164 e. The number of para-hydroxylation sites is 3. The van der Waals surface area contributed by atoms with Gasteiger partial charge in [-0.05, 0) is 55.3 Å². The molecule has 6 aromatic carbocycles. The zero-order valence-electron chi connectivity index (χ0n) is 26.9. The summed E-state index contributed by atoms with van der Waals surface area (Å²) >= 11 is 0. The first-order valence-electron chi connectivity index (χ1n) is 16.5. The van der Waals surface area contributed by atoms with Crippen LogP contribution < -0.4 is 0 Å². The molecule has 0 N–H and O–H groups in total. The lowest BCUT2D eigenvalue weighted by Gasteiger charge is -2.17. The molecule has 0 amide bonds. The molecule has 232 valence electrons. The summed E-state index contributed by atoms with van der Waals surface area (Å²) in [6.07, 6.45) is 0. The van der Waals surface area contributed by atoms with Gasteiger partial charge in [-0.3, -0.25) is 4.57 Å². The molecule has 1 aliphatic rings. The molecular weight excluding hydrogens is 603 g/mol. The Morgan fingerprint density at radius 3 is 1.98 bits per heavy atom. The molecule has 0 fully saturated rings. The van der Waals surface area contributed by atoms with Crippen molar-refractivity contribution in [3.05, 3.63) is 151 Å². The van der Waals surface area contributed by atoms with E-state index in [1.165, 1.54) is 11.3 Å². The van der Waals surface area contributed by atoms with Gasteiger partial charge in [-0.15, -0.1) is 0 Å². The average molecular weight is 632 g/mol. The van der Waals surface area contributed by atoms with E-state index < -0.39 is 0 Å². The fourth-order valence-electron chi connectivity index (χ4n) is 7.32. The van der Waals surface area contributed by atoms with Crippen LogP contribution in [0.25, 0.3) is 83.9 Å². The van der Waals surface area contributed by atoms with Crippen LogP contribution >= 0.6 is 0 Å². The summed E-state index contributed by atoms with van der Waals surface area (Å²) in [5.41, 5.74) is 10.9. The minimum absolute atomic E-state index is 0.196. The van der Waals surface area contributed by atoms with Crippen LogP contribution in [0.4, 0.5) is 0 Å². The molecule has 4 heterocycles. The normalized spacial score (nSPS) is 13.3. The molecule has 0 radical (unpaired) electrons. The van der Waals surface area contributed by atoms with Gasteiger partial charge in [0.05, 0.1) is 22.1 Å². The van der Waals surface area contributed by atoms with Crippen molar-refractivity contribution in [3.63, 3.8) is 0 Å². The minimum atomic E-state index is -0.196. The van der Waals surface area contributed by atoms with Gasteiger partial charge in [0.15, 0.2) is 17.5 Å². The van der Waals surface area contributed by atoms with Gasteiger partial charge in [0.2, 0.25) is 0 Å². The lowest BCUT2D eigenvalue weighted by Crippen LogP contribution is -2.16. The molecule has 0 saturated carbocycles. The fourth-order valence-corrected chi connectivity index (χ4v) is 7.32. The van der Waals surface area contributed by atoms with E-state index in [4.69, 9.17) is 24.4 Å². The summed E-state index contributed by atoms with van der Waals surface area (Å²) < 4.78 is 8.61. The molecule has 49 heavy (non-hydrogen) atoms. The van der Waals surface area contributed by atoms with Crippen molar-refractivity contribution in [2.45, 2.75) is 19.3 Å². The van der Waals surface area contributed by atoms with E-state index in [-0.39, 0.29) is 5.41 Å². The molecule has 1 aliphatic heterocycles. The molecule has 0 saturated heterocycles. The van der Waals surface area contributed by atoms with Crippen LogP contribution in [0.2, 0.25) is 0 Å². The van der Waals surface area contributed by atoms with Crippen LogP contribution in [-0.4, -0.2) is 24.5 Å². The highest BCUT2D eigenvalue weighted by Crippen LogP contribution is 2.44. The third-order valence-corrected chi connectivity index (χ3v) is 9.82. The Kier molecular flexibility index (Phi) is 5.82. The molecule has 3 aromatic heterocycles. The van der Waals surface area contributed by atoms with Crippen molar-refractivity contribution in [2.24, 2.45) is 0 Å². The van der Waals surface area contributed by atoms with Gasteiger partial charge in [-0.25, -0.2) is 19.9 Å². The van der Waals surface area contributed by atoms with Crippen LogP contribution in [0.3, 0.4) is 0 Å². The highest BCUT2D eigenvalue weighted by Gasteiger charge is 2.38. The second kappa shape index (κ2) is 10.3. The van der Waals surface area contributed by atoms with E-state index in [1.807, 2.05) is 48.5 Å². The summed E-state index contributed by atoms with van der Waals surface area (Å²) in [6, 6.07) is 47.8. The van der Waals surface area contributed by atoms with Crippen LogP contribution in [0.1, 0.15) is 25.2 Å². The van der Waals surface area contributed by atoms with E-state index >= 15 is 0 Å². The topological polar surface area (TPSA) is 69.6 Å². The monoisotopic (exact) mass is 631 g/mol. The fraction of sp³-hybridized carbons (Fsp3) is 0.0698. The molecule has 0 bridgehead atoms. The zero-order chi connectivity index (χ0) is 32.7. The number of hydrogen-bond acceptors (Lipinski definition) is 5. The van der Waals surface area contributed by atoms with Gasteiger partial charge in [-0.2, -0.15) is 0 Å². The van der Waals surface area contributed by atoms with Crippen LogP contribution in [0, 0.1) is 0 Å². The Hall–Kier alpha value is -6.40. The molecule has 6 nitrogen and oxygen atoms in total. The quantitative estimate of drug-likeness (QED) is 0.193. The average Bonchev–Trinajstić information content (AvgIpc) is 3.80. The molecule has 0 unspecified atom stereocenters. The van der Waals surface area contributed by atoms with E-state index in [9.17, 15) is 0 Å². The predicted molar refractivity (Wildman–Crippen MR) is 196 cm³/mol. The number of imidazole rings is 1. The summed E-state index contributed by atoms with van der Waals surface area (Å²) in [4.78, 5) is 20.2. The molecule has 0 atom stereocenters. The van der Waals surface area contributed by atoms with Crippen molar-refractivity contribution >= 4 is 33.0 Å². The maximum atomic E-state index is 6.32. The predicted octanol–water partition coefficient (Wildman–Crippen LogP) is 10.4. The number of furan rings is 1. The summed E-state index contributed by atoms with van der Waals surface area (Å²) in [5.74, 6) is 2.88. The molecular formula is C43H29N5O. The summed E-state index contributed by atoms with van der Waals surface area (Å²) in [5, 5.41) is 2.23. The highest BCUT2D eigenvalue weighted by molar-refractivity contribution is 6.09. The largest absolute Gasteiger partial charge is 0.455 e. The van der Waals surface area contributed by atoms with Gasteiger partial charge >= 0.3 is 0 Å². The van der Waals surface area contributed by atoms with Crippen molar-refractivity contribution in [2.75, 3.05) is 0 Å². The van der Waals surface area contributed by atoms with Crippen molar-refractivity contribution in [3.8, 4) is 51.0 Å². The third kappa shape index (κ3) is 4.20. The highest BCUT2D eigenvalue weighted by atomic mass is 16.3. The molecule has 6 heteroatoms. The Morgan fingerprint density at radius 2 is 1.16 bits per heavy atom. The summed E-state index contributed by atoms with van der Waals surface area (Å²) in [7, 11) is 0. The van der Waals surface area contributed by atoms with Crippen molar-refractivity contribution in [1.29, 1.82) is 0 Å². The number of hydrogen-bond donors (Lipinski definition) is 0. The van der Waals surface area contributed by atoms with Crippen LogP contribution in [-0.2, 0) is 5.41 Å². The second-order valence-corrected chi connectivity index (χ2v) is 13.1. The Morgan fingerprint density at radius 1 is 0.531 bits per heavy atom. The smallest absolute Gasteiger partial charge is 0.164 e. The second-order valence-electron chi connectivity index (χ2n) is 13.1. The number of aromatic nitrogens is 5. The van der Waals surface area contributed by atoms with Gasteiger partial charge in [-0.1, -0.05) is 109 Å². The van der Waals surface area contributed by atoms with E-state index in [0.29, 0.717) is 17.5 Å². The van der Waals surface area contributed by atoms with Crippen molar-refractivity contribution in [1.82, 2.24) is 24.5 Å². The first-order valence-corrected chi connectivity index (χ1v) is 16.5. The van der Waals surface area contributed by atoms with Crippen LogP contribution in [0.15, 0.2) is 144 Å². The number of rotatable bonds is 4. The van der Waals surface area contributed by atoms with E-state index in [1.54, 1.807) is 0 Å². The number of benzene rings is 6. The van der Waals surface area contributed by atoms with Gasteiger partial charge in [0.25, 0.3) is 0 Å². The third-order valence-electron chi connectivity index (χ3n) is 9.82. The SMILES string of the molecule is CC1(C)c2ccccc2-n2c1nc1cc(-c3nc(-c4ccccc4)nc(-c4ccc(-c5cccc6c5oc5ccccc56)cc4)n3)ccc12. The zero-order valence-corrected chi connectivity index (χ0v) is 26.9. The lowest BCUT2D eigenvalue weighted by molar-refractivity contribution is 0.621. The van der Waals surface area contributed by atoms with E-state index in [2.05, 4.69) is 109 Å². The van der Waals surface area contributed by atoms with Gasteiger partial charge in [0, 0.05) is 33.0 Å². The maximum absolute atomic E-state index is 6.32. The molecule has 0 spiro atoms. The Labute approximate surface area is 282 Å². The molecule has 9 aromatic rings. The van der Waals surface area contributed by atoms with Gasteiger partial charge < -0.3 is 4.42 Å². The van der Waals surface area contributed by atoms with Crippen molar-refractivity contribution < 1.29 is 4.42 Å². The lowest BCUT2D eigenvalue weighted by atomic mass is 9.86. The number of nitrogens with zero attached hydrogens (tertiary/aromatic N) is 5. The molecule has 10 rings (SSSR count). The standard InChI is InChI=1S/C43H29N5O/c1-43(2)33-16-7-8-17-35(33)48-36-24-23-29(25-34(36)44-42(43)48)41-46-39(27-11-4-3-5-12-27)45-40(47-41)28-21-19-26(20-22-28)30-14-10-15-32-31-13-6-9-18-37(31)49-38(30)32/h3-25H,1-2H3. The first-order chi connectivity index (χ1) is 24.0. The van der Waals surface area contributed by atoms with Crippen LogP contribution in [0.5, 0.6) is 0 Å². The van der Waals surface area contributed by atoms with E-state index in [0.717, 1.165) is 66.6 Å². The Balaban J connectivity index is 1.08.